The summed E-state index contributed by atoms with van der Waals surface area (Å²) in [7, 11) is 0. The van der Waals surface area contributed by atoms with Crippen molar-refractivity contribution in [3.05, 3.63) is 63.7 Å². The zero-order chi connectivity index (χ0) is 20.8. The molecule has 2 aromatic rings. The van der Waals surface area contributed by atoms with Gasteiger partial charge in [0.05, 0.1) is 6.04 Å². The highest BCUT2D eigenvalue weighted by Gasteiger charge is 2.20. The Morgan fingerprint density at radius 1 is 1.00 bits per heavy atom. The van der Waals surface area contributed by atoms with E-state index in [9.17, 15) is 4.79 Å². The van der Waals surface area contributed by atoms with Crippen LogP contribution in [0, 0.1) is 13.8 Å². The van der Waals surface area contributed by atoms with E-state index in [2.05, 4.69) is 50.4 Å². The Hall–Kier alpha value is -2.00. The average molecular weight is 402 g/mol. The summed E-state index contributed by atoms with van der Waals surface area (Å²) in [6, 6.07) is 12.3. The minimum atomic E-state index is -0.589. The minimum Gasteiger partial charge on any atom is -0.481 e. The van der Waals surface area contributed by atoms with Crippen molar-refractivity contribution in [1.29, 1.82) is 0 Å². The van der Waals surface area contributed by atoms with E-state index < -0.39 is 6.10 Å². The van der Waals surface area contributed by atoms with Crippen molar-refractivity contribution in [3.8, 4) is 5.75 Å². The van der Waals surface area contributed by atoms with E-state index in [1.807, 2.05) is 26.0 Å². The van der Waals surface area contributed by atoms with Crippen LogP contribution in [0.1, 0.15) is 74.8 Å². The summed E-state index contributed by atoms with van der Waals surface area (Å²) in [4.78, 5) is 12.7. The molecule has 0 saturated carbocycles. The van der Waals surface area contributed by atoms with Crippen LogP contribution in [-0.2, 0) is 4.79 Å². The standard InChI is InChI=1S/C24H32ClNO2/c1-7-15(3)19-9-11-20(12-10-19)22(8-2)26-24(27)18(6)28-21-13-16(4)23(25)17(5)14-21/h9-15,18,22H,7-8H2,1-6H3,(H,26,27)/t15-,18-,22-/m1/s1. The average Bonchev–Trinajstić information content (AvgIpc) is 2.69. The molecular weight excluding hydrogens is 370 g/mol. The first-order valence-corrected chi connectivity index (χ1v) is 10.5. The lowest BCUT2D eigenvalue weighted by atomic mass is 9.95. The summed E-state index contributed by atoms with van der Waals surface area (Å²) in [5.41, 5.74) is 4.33. The predicted molar refractivity (Wildman–Crippen MR) is 117 cm³/mol. The molecule has 0 aliphatic rings. The molecule has 152 valence electrons. The van der Waals surface area contributed by atoms with E-state index in [-0.39, 0.29) is 11.9 Å². The lowest BCUT2D eigenvalue weighted by molar-refractivity contribution is -0.128. The third kappa shape index (κ3) is 5.51. The number of carbonyl (C=O) groups excluding carboxylic acids is 1. The van der Waals surface area contributed by atoms with Crippen LogP contribution in [0.25, 0.3) is 0 Å². The van der Waals surface area contributed by atoms with Gasteiger partial charge in [-0.15, -0.1) is 0 Å². The van der Waals surface area contributed by atoms with E-state index in [0.29, 0.717) is 11.7 Å². The fourth-order valence-electron chi connectivity index (χ4n) is 3.23. The molecule has 0 fully saturated rings. The third-order valence-electron chi connectivity index (χ3n) is 5.34. The van der Waals surface area contributed by atoms with E-state index in [0.717, 1.165) is 34.6 Å². The summed E-state index contributed by atoms with van der Waals surface area (Å²) in [5, 5.41) is 3.85. The summed E-state index contributed by atoms with van der Waals surface area (Å²) in [6.45, 7) is 12.1. The van der Waals surface area contributed by atoms with E-state index in [1.54, 1.807) is 6.92 Å². The number of rotatable bonds is 8. The van der Waals surface area contributed by atoms with Gasteiger partial charge in [-0.2, -0.15) is 0 Å². The highest BCUT2D eigenvalue weighted by atomic mass is 35.5. The van der Waals surface area contributed by atoms with Gasteiger partial charge in [0.15, 0.2) is 6.10 Å². The van der Waals surface area contributed by atoms with Crippen molar-refractivity contribution in [2.45, 2.75) is 72.4 Å². The second-order valence-corrected chi connectivity index (χ2v) is 7.95. The lowest BCUT2D eigenvalue weighted by Crippen LogP contribution is -2.38. The number of hydrogen-bond acceptors (Lipinski definition) is 2. The smallest absolute Gasteiger partial charge is 0.261 e. The van der Waals surface area contributed by atoms with Crippen LogP contribution in [0.2, 0.25) is 5.02 Å². The van der Waals surface area contributed by atoms with Crippen molar-refractivity contribution in [2.24, 2.45) is 0 Å². The van der Waals surface area contributed by atoms with Crippen LogP contribution in [0.4, 0.5) is 0 Å². The maximum Gasteiger partial charge on any atom is 0.261 e. The van der Waals surface area contributed by atoms with Crippen molar-refractivity contribution < 1.29 is 9.53 Å². The maximum atomic E-state index is 12.7. The van der Waals surface area contributed by atoms with Gasteiger partial charge in [-0.25, -0.2) is 0 Å². The van der Waals surface area contributed by atoms with E-state index in [4.69, 9.17) is 16.3 Å². The van der Waals surface area contributed by atoms with Gasteiger partial charge in [-0.3, -0.25) is 4.79 Å². The first-order valence-electron chi connectivity index (χ1n) is 10.1. The topological polar surface area (TPSA) is 38.3 Å². The highest BCUT2D eigenvalue weighted by molar-refractivity contribution is 6.32. The zero-order valence-electron chi connectivity index (χ0n) is 17.8. The van der Waals surface area contributed by atoms with Crippen molar-refractivity contribution in [1.82, 2.24) is 5.32 Å². The Kier molecular flexibility index (Phi) is 7.94. The van der Waals surface area contributed by atoms with Gasteiger partial charge >= 0.3 is 0 Å². The second-order valence-electron chi connectivity index (χ2n) is 7.58. The van der Waals surface area contributed by atoms with Crippen LogP contribution < -0.4 is 10.1 Å². The van der Waals surface area contributed by atoms with Gasteiger partial charge < -0.3 is 10.1 Å². The first-order chi connectivity index (χ1) is 13.3. The number of halogens is 1. The summed E-state index contributed by atoms with van der Waals surface area (Å²) in [6.07, 6.45) is 1.35. The maximum absolute atomic E-state index is 12.7. The van der Waals surface area contributed by atoms with E-state index >= 15 is 0 Å². The zero-order valence-corrected chi connectivity index (χ0v) is 18.6. The molecule has 1 amide bonds. The fraction of sp³-hybridized carbons (Fsp3) is 0.458. The number of carbonyl (C=O) groups is 1. The Labute approximate surface area is 174 Å². The van der Waals surface area contributed by atoms with Gasteiger partial charge in [-0.1, -0.05) is 56.6 Å². The summed E-state index contributed by atoms with van der Waals surface area (Å²) < 4.78 is 5.87. The molecule has 28 heavy (non-hydrogen) atoms. The molecule has 0 heterocycles. The number of hydrogen-bond donors (Lipinski definition) is 1. The van der Waals surface area contributed by atoms with Crippen molar-refractivity contribution in [3.63, 3.8) is 0 Å². The minimum absolute atomic E-state index is 0.0294. The Morgan fingerprint density at radius 3 is 2.04 bits per heavy atom. The molecule has 2 rings (SSSR count). The van der Waals surface area contributed by atoms with Crippen LogP contribution in [-0.4, -0.2) is 12.0 Å². The number of nitrogens with one attached hydrogen (secondary N) is 1. The molecular formula is C24H32ClNO2. The normalized spacial score (nSPS) is 14.2. The van der Waals surface area contributed by atoms with Gasteiger partial charge in [0.2, 0.25) is 0 Å². The van der Waals surface area contributed by atoms with Crippen LogP contribution in [0.3, 0.4) is 0 Å². The van der Waals surface area contributed by atoms with Crippen molar-refractivity contribution in [2.75, 3.05) is 0 Å². The first kappa shape index (κ1) is 22.3. The Bertz CT molecular complexity index is 778. The number of amides is 1. The SMILES string of the molecule is CC[C@@H](C)c1ccc([C@@H](CC)NC(=O)[C@@H](C)Oc2cc(C)c(Cl)c(C)c2)cc1. The monoisotopic (exact) mass is 401 g/mol. The van der Waals surface area contributed by atoms with Crippen LogP contribution in [0.5, 0.6) is 5.75 Å². The largest absolute Gasteiger partial charge is 0.481 e. The van der Waals surface area contributed by atoms with Crippen LogP contribution >= 0.6 is 11.6 Å². The molecule has 0 saturated heterocycles. The fourth-order valence-corrected chi connectivity index (χ4v) is 3.34. The molecule has 0 aliphatic heterocycles. The molecule has 3 atom stereocenters. The molecule has 0 bridgehead atoms. The van der Waals surface area contributed by atoms with Gasteiger partial charge in [0.1, 0.15) is 5.75 Å². The molecule has 1 N–H and O–H groups in total. The predicted octanol–water partition coefficient (Wildman–Crippen LogP) is 6.51. The molecule has 0 aliphatic carbocycles. The quantitative estimate of drug-likeness (QED) is 0.547. The molecule has 0 radical (unpaired) electrons. The third-order valence-corrected chi connectivity index (χ3v) is 5.93. The molecule has 2 aromatic carbocycles. The van der Waals surface area contributed by atoms with Crippen molar-refractivity contribution >= 4 is 17.5 Å². The van der Waals surface area contributed by atoms with Crippen LogP contribution in [0.15, 0.2) is 36.4 Å². The van der Waals surface area contributed by atoms with Gasteiger partial charge in [0, 0.05) is 5.02 Å². The number of aryl methyl sites for hydroxylation is 2. The molecule has 4 heteroatoms. The Balaban J connectivity index is 2.04. The number of ether oxygens (including phenoxy) is 1. The number of benzene rings is 2. The molecule has 0 spiro atoms. The molecule has 0 aromatic heterocycles. The van der Waals surface area contributed by atoms with E-state index in [1.165, 1.54) is 5.56 Å². The van der Waals surface area contributed by atoms with Gasteiger partial charge in [-0.05, 0) is 73.9 Å². The molecule has 0 unspecified atom stereocenters. The molecule has 3 nitrogen and oxygen atoms in total. The summed E-state index contributed by atoms with van der Waals surface area (Å²) >= 11 is 6.21. The summed E-state index contributed by atoms with van der Waals surface area (Å²) in [5.74, 6) is 1.08. The Morgan fingerprint density at radius 2 is 1.54 bits per heavy atom. The lowest BCUT2D eigenvalue weighted by Gasteiger charge is -2.22. The second kappa shape index (κ2) is 9.97. The van der Waals surface area contributed by atoms with Gasteiger partial charge in [0.25, 0.3) is 5.91 Å². The highest BCUT2D eigenvalue weighted by Crippen LogP contribution is 2.27.